The summed E-state index contributed by atoms with van der Waals surface area (Å²) in [7, 11) is 1.60. The molecule has 1 aliphatic rings. The van der Waals surface area contributed by atoms with Crippen molar-refractivity contribution < 1.29 is 29.4 Å². The van der Waals surface area contributed by atoms with E-state index in [0.717, 1.165) is 0 Å². The second-order valence-electron chi connectivity index (χ2n) is 9.16. The standard InChI is InChI=1S/C22H39NO6.2C2H6/c1-9-18-22(7,26)16(5)15(4)20(23-27)13(2)12-21(6,28-8)14(3)10-17(24)11-19(25)29-18;2*1-2/h13-16,18,26-27H,9-12H2,1-8H3;2*1-2H3/b23-20+;;/t13-,14-,15?,16?,18-,21-,22+;;/m1../s1. The van der Waals surface area contributed by atoms with Crippen LogP contribution in [0.25, 0.3) is 0 Å². The number of nitrogens with zero attached hydrogens (tertiary/aromatic N) is 1. The Morgan fingerprint density at radius 1 is 1.09 bits per heavy atom. The van der Waals surface area contributed by atoms with E-state index in [-0.39, 0.29) is 42.3 Å². The Kier molecular flexibility index (Phi) is 15.8. The topological polar surface area (TPSA) is 105 Å². The van der Waals surface area contributed by atoms with Crippen molar-refractivity contribution in [2.24, 2.45) is 28.8 Å². The summed E-state index contributed by atoms with van der Waals surface area (Å²) in [5.74, 6) is -1.76. The van der Waals surface area contributed by atoms with Crippen LogP contribution in [0.4, 0.5) is 0 Å². The number of rotatable bonds is 2. The number of ether oxygens (including phenoxy) is 2. The molecule has 1 fully saturated rings. The van der Waals surface area contributed by atoms with E-state index in [1.807, 2.05) is 69.2 Å². The third kappa shape index (κ3) is 9.01. The predicted molar refractivity (Wildman–Crippen MR) is 134 cm³/mol. The smallest absolute Gasteiger partial charge is 0.313 e. The normalized spacial score (nSPS) is 37.6. The molecule has 0 spiro atoms. The molecule has 0 bridgehead atoms. The van der Waals surface area contributed by atoms with Crippen molar-refractivity contribution in [1.82, 2.24) is 0 Å². The number of cyclic esters (lactones) is 1. The first-order chi connectivity index (χ1) is 15.3. The molecule has 7 atom stereocenters. The Labute approximate surface area is 202 Å². The van der Waals surface area contributed by atoms with Gasteiger partial charge < -0.3 is 19.8 Å². The van der Waals surface area contributed by atoms with Gasteiger partial charge in [0.05, 0.1) is 11.3 Å². The maximum Gasteiger partial charge on any atom is 0.313 e. The minimum Gasteiger partial charge on any atom is -0.459 e. The van der Waals surface area contributed by atoms with Crippen LogP contribution in [0.2, 0.25) is 0 Å². The lowest BCUT2D eigenvalue weighted by molar-refractivity contribution is -0.172. The molecule has 0 saturated carbocycles. The highest BCUT2D eigenvalue weighted by molar-refractivity contribution is 5.95. The van der Waals surface area contributed by atoms with Gasteiger partial charge in [-0.2, -0.15) is 0 Å². The van der Waals surface area contributed by atoms with Gasteiger partial charge >= 0.3 is 5.97 Å². The summed E-state index contributed by atoms with van der Waals surface area (Å²) >= 11 is 0. The molecule has 0 aromatic heterocycles. The summed E-state index contributed by atoms with van der Waals surface area (Å²) in [5, 5.41) is 24.6. The molecular weight excluding hydrogens is 422 g/mol. The molecule has 196 valence electrons. The van der Waals surface area contributed by atoms with Gasteiger partial charge in [-0.25, -0.2) is 0 Å². The van der Waals surface area contributed by atoms with E-state index in [9.17, 15) is 19.9 Å². The summed E-state index contributed by atoms with van der Waals surface area (Å²) < 4.78 is 11.3. The minimum absolute atomic E-state index is 0.138. The molecule has 0 aromatic rings. The number of esters is 1. The zero-order valence-electron chi connectivity index (χ0n) is 23.2. The van der Waals surface area contributed by atoms with E-state index < -0.39 is 23.3 Å². The van der Waals surface area contributed by atoms with Gasteiger partial charge in [0.2, 0.25) is 0 Å². The third-order valence-corrected chi connectivity index (χ3v) is 7.15. The van der Waals surface area contributed by atoms with E-state index >= 15 is 0 Å². The van der Waals surface area contributed by atoms with Crippen molar-refractivity contribution >= 4 is 17.5 Å². The number of methoxy groups -OCH3 is 1. The number of carbonyl (C=O) groups is 2. The summed E-state index contributed by atoms with van der Waals surface area (Å²) in [6.45, 7) is 21.0. The van der Waals surface area contributed by atoms with Crippen molar-refractivity contribution in [3.8, 4) is 0 Å². The van der Waals surface area contributed by atoms with Crippen molar-refractivity contribution in [3.63, 3.8) is 0 Å². The molecule has 1 saturated heterocycles. The van der Waals surface area contributed by atoms with Gasteiger partial charge in [-0.05, 0) is 38.5 Å². The highest BCUT2D eigenvalue weighted by Gasteiger charge is 2.45. The van der Waals surface area contributed by atoms with Crippen LogP contribution in [0.15, 0.2) is 5.16 Å². The largest absolute Gasteiger partial charge is 0.459 e. The van der Waals surface area contributed by atoms with Crippen molar-refractivity contribution in [2.75, 3.05) is 7.11 Å². The monoisotopic (exact) mass is 473 g/mol. The van der Waals surface area contributed by atoms with Gasteiger partial charge in [0, 0.05) is 25.4 Å². The molecule has 0 radical (unpaired) electrons. The fraction of sp³-hybridized carbons (Fsp3) is 0.885. The second kappa shape index (κ2) is 15.4. The zero-order valence-corrected chi connectivity index (χ0v) is 23.2. The molecule has 7 heteroatoms. The number of hydrogen-bond donors (Lipinski definition) is 2. The molecule has 2 N–H and O–H groups in total. The molecule has 0 amide bonds. The number of carbonyl (C=O) groups excluding carboxylic acids is 2. The second-order valence-corrected chi connectivity index (χ2v) is 9.16. The highest BCUT2D eigenvalue weighted by Crippen LogP contribution is 2.37. The van der Waals surface area contributed by atoms with Crippen LogP contribution in [-0.4, -0.2) is 52.2 Å². The van der Waals surface area contributed by atoms with Gasteiger partial charge in [0.1, 0.15) is 23.9 Å². The van der Waals surface area contributed by atoms with Crippen LogP contribution in [0.3, 0.4) is 0 Å². The lowest BCUT2D eigenvalue weighted by Crippen LogP contribution is -2.51. The van der Waals surface area contributed by atoms with E-state index in [2.05, 4.69) is 5.16 Å². The molecular formula is C26H51NO6. The van der Waals surface area contributed by atoms with E-state index in [1.54, 1.807) is 14.0 Å². The summed E-state index contributed by atoms with van der Waals surface area (Å²) in [5.41, 5.74) is -1.45. The lowest BCUT2D eigenvalue weighted by Gasteiger charge is -2.42. The SMILES string of the molecule is CC.CC.CC[C@H]1OC(=O)CC(=O)C[C@@H](C)[C@](C)(OC)C[C@@H](C)/C(=N\O)C(C)C(C)[C@]1(C)O. The summed E-state index contributed by atoms with van der Waals surface area (Å²) in [6, 6.07) is 0. The minimum atomic E-state index is -1.36. The Bertz CT molecular complexity index is 618. The molecule has 33 heavy (non-hydrogen) atoms. The van der Waals surface area contributed by atoms with Crippen molar-refractivity contribution in [1.29, 1.82) is 0 Å². The highest BCUT2D eigenvalue weighted by atomic mass is 16.6. The number of aliphatic hydroxyl groups is 1. The van der Waals surface area contributed by atoms with Crippen LogP contribution < -0.4 is 0 Å². The number of oxime groups is 1. The van der Waals surface area contributed by atoms with E-state index in [0.29, 0.717) is 18.6 Å². The Morgan fingerprint density at radius 3 is 2.03 bits per heavy atom. The number of ketones is 1. The fourth-order valence-electron chi connectivity index (χ4n) is 4.50. The lowest BCUT2D eigenvalue weighted by atomic mass is 9.71. The zero-order chi connectivity index (χ0) is 26.6. The molecule has 0 aromatic carbocycles. The molecule has 0 aliphatic carbocycles. The third-order valence-electron chi connectivity index (χ3n) is 7.15. The first-order valence-electron chi connectivity index (χ1n) is 12.5. The Hall–Kier alpha value is -1.47. The average Bonchev–Trinajstić information content (AvgIpc) is 2.78. The van der Waals surface area contributed by atoms with Crippen molar-refractivity contribution in [2.45, 2.75) is 119 Å². The van der Waals surface area contributed by atoms with Crippen molar-refractivity contribution in [3.05, 3.63) is 0 Å². The van der Waals surface area contributed by atoms with Gasteiger partial charge in [-0.1, -0.05) is 67.5 Å². The first-order valence-corrected chi connectivity index (χ1v) is 12.5. The molecule has 7 nitrogen and oxygen atoms in total. The van der Waals surface area contributed by atoms with Gasteiger partial charge in [0.25, 0.3) is 0 Å². The van der Waals surface area contributed by atoms with Gasteiger partial charge in [-0.3, -0.25) is 9.59 Å². The van der Waals surface area contributed by atoms with E-state index in [1.165, 1.54) is 0 Å². The fourth-order valence-corrected chi connectivity index (χ4v) is 4.50. The molecule has 2 unspecified atom stereocenters. The average molecular weight is 474 g/mol. The molecule has 1 heterocycles. The summed E-state index contributed by atoms with van der Waals surface area (Å²) in [4.78, 5) is 24.8. The van der Waals surface area contributed by atoms with Crippen LogP contribution in [0.1, 0.15) is 102 Å². The number of hydrogen-bond acceptors (Lipinski definition) is 7. The Balaban J connectivity index is 0. The van der Waals surface area contributed by atoms with Gasteiger partial charge in [0.15, 0.2) is 0 Å². The number of Topliss-reactive ketones (excluding diaryl/α,β-unsaturated/α-hetero) is 1. The predicted octanol–water partition coefficient (Wildman–Crippen LogP) is 5.64. The molecule has 1 aliphatic heterocycles. The maximum atomic E-state index is 12.5. The summed E-state index contributed by atoms with van der Waals surface area (Å²) in [6.07, 6.45) is 0.0397. The van der Waals surface area contributed by atoms with Crippen LogP contribution in [0, 0.1) is 23.7 Å². The maximum absolute atomic E-state index is 12.5. The van der Waals surface area contributed by atoms with Crippen LogP contribution in [-0.2, 0) is 19.1 Å². The van der Waals surface area contributed by atoms with Gasteiger partial charge in [-0.15, -0.1) is 0 Å². The van der Waals surface area contributed by atoms with E-state index in [4.69, 9.17) is 9.47 Å². The molecule has 1 rings (SSSR count). The van der Waals surface area contributed by atoms with Crippen LogP contribution in [0.5, 0.6) is 0 Å². The first kappa shape index (κ1) is 33.7. The quantitative estimate of drug-likeness (QED) is 0.232. The Morgan fingerprint density at radius 2 is 1.61 bits per heavy atom. The van der Waals surface area contributed by atoms with Crippen LogP contribution >= 0.6 is 0 Å².